The molecule has 0 spiro atoms. The van der Waals surface area contributed by atoms with E-state index in [1.165, 1.54) is 6.20 Å². The summed E-state index contributed by atoms with van der Waals surface area (Å²) in [5, 5.41) is 0. The van der Waals surface area contributed by atoms with E-state index >= 15 is 0 Å². The van der Waals surface area contributed by atoms with E-state index in [2.05, 4.69) is 0 Å². The molecule has 0 heterocycles. The van der Waals surface area contributed by atoms with Crippen molar-refractivity contribution in [2.75, 3.05) is 20.1 Å². The lowest BCUT2D eigenvalue weighted by Gasteiger charge is -2.09. The summed E-state index contributed by atoms with van der Waals surface area (Å²) < 4.78 is 0. The molecule has 0 aromatic heterocycles. The van der Waals surface area contributed by atoms with Gasteiger partial charge in [0, 0.05) is 32.5 Å². The molecule has 0 aliphatic carbocycles. The normalized spacial score (nSPS) is 10.2. The van der Waals surface area contributed by atoms with Crippen molar-refractivity contribution >= 4 is 0 Å². The highest BCUT2D eigenvalue weighted by Gasteiger charge is 1.82. The van der Waals surface area contributed by atoms with Gasteiger partial charge in [0.15, 0.2) is 0 Å². The SMILES string of the molecule is CN(/C=C/N)CCN. The Labute approximate surface area is 49.9 Å². The molecular weight excluding hydrogens is 102 g/mol. The summed E-state index contributed by atoms with van der Waals surface area (Å²) in [6.07, 6.45) is 3.28. The number of nitrogens with zero attached hydrogens (tertiary/aromatic N) is 1. The zero-order valence-electron chi connectivity index (χ0n) is 5.17. The summed E-state index contributed by atoms with van der Waals surface area (Å²) in [6.45, 7) is 1.52. The first-order valence-corrected chi connectivity index (χ1v) is 2.60. The molecule has 0 fully saturated rings. The summed E-state index contributed by atoms with van der Waals surface area (Å²) in [6, 6.07) is 0. The van der Waals surface area contributed by atoms with Gasteiger partial charge < -0.3 is 16.4 Å². The molecule has 0 amide bonds. The fraction of sp³-hybridized carbons (Fsp3) is 0.600. The van der Waals surface area contributed by atoms with Gasteiger partial charge in [-0.1, -0.05) is 0 Å². The van der Waals surface area contributed by atoms with E-state index in [1.54, 1.807) is 6.20 Å². The molecule has 3 heteroatoms. The van der Waals surface area contributed by atoms with Gasteiger partial charge in [-0.3, -0.25) is 0 Å². The summed E-state index contributed by atoms with van der Waals surface area (Å²) in [7, 11) is 1.93. The third-order valence-corrected chi connectivity index (χ3v) is 0.822. The minimum Gasteiger partial charge on any atom is -0.403 e. The van der Waals surface area contributed by atoms with Crippen molar-refractivity contribution in [2.24, 2.45) is 11.5 Å². The Bertz CT molecular complexity index is 70.1. The molecule has 0 bridgehead atoms. The van der Waals surface area contributed by atoms with Crippen LogP contribution in [0.4, 0.5) is 0 Å². The van der Waals surface area contributed by atoms with Crippen molar-refractivity contribution in [3.05, 3.63) is 12.4 Å². The van der Waals surface area contributed by atoms with E-state index in [0.717, 1.165) is 6.54 Å². The Morgan fingerprint density at radius 3 is 2.62 bits per heavy atom. The van der Waals surface area contributed by atoms with Crippen LogP contribution >= 0.6 is 0 Å². The van der Waals surface area contributed by atoms with Gasteiger partial charge in [-0.25, -0.2) is 0 Å². The second kappa shape index (κ2) is 4.46. The van der Waals surface area contributed by atoms with Crippen molar-refractivity contribution < 1.29 is 0 Å². The largest absolute Gasteiger partial charge is 0.403 e. The Kier molecular flexibility index (Phi) is 4.07. The first kappa shape index (κ1) is 7.30. The lowest BCUT2D eigenvalue weighted by molar-refractivity contribution is 0.466. The summed E-state index contributed by atoms with van der Waals surface area (Å²) in [5.74, 6) is 0. The number of likely N-dealkylation sites (N-methyl/N-ethyl adjacent to an activating group) is 1. The van der Waals surface area contributed by atoms with Gasteiger partial charge in [0.1, 0.15) is 0 Å². The van der Waals surface area contributed by atoms with Gasteiger partial charge in [0.25, 0.3) is 0 Å². The fourth-order valence-electron chi connectivity index (χ4n) is 0.425. The number of hydrogen-bond acceptors (Lipinski definition) is 3. The highest BCUT2D eigenvalue weighted by molar-refractivity contribution is 4.74. The Balaban J connectivity index is 3.17. The molecule has 0 aliphatic rings. The van der Waals surface area contributed by atoms with E-state index in [1.807, 2.05) is 11.9 Å². The van der Waals surface area contributed by atoms with Gasteiger partial charge in [0.05, 0.1) is 0 Å². The van der Waals surface area contributed by atoms with Crippen molar-refractivity contribution in [2.45, 2.75) is 0 Å². The Morgan fingerprint density at radius 1 is 1.62 bits per heavy atom. The van der Waals surface area contributed by atoms with Crippen LogP contribution in [0.5, 0.6) is 0 Å². The van der Waals surface area contributed by atoms with Crippen molar-refractivity contribution in [1.82, 2.24) is 4.90 Å². The predicted octanol–water partition coefficient (Wildman–Crippen LogP) is -0.693. The molecule has 0 aromatic rings. The molecule has 0 radical (unpaired) electrons. The topological polar surface area (TPSA) is 55.3 Å². The van der Waals surface area contributed by atoms with Crippen molar-refractivity contribution in [3.63, 3.8) is 0 Å². The zero-order valence-corrected chi connectivity index (χ0v) is 5.17. The lowest BCUT2D eigenvalue weighted by atomic mass is 10.6. The van der Waals surface area contributed by atoms with Crippen LogP contribution < -0.4 is 11.5 Å². The maximum atomic E-state index is 5.24. The lowest BCUT2D eigenvalue weighted by Crippen LogP contribution is -2.20. The zero-order chi connectivity index (χ0) is 6.41. The highest BCUT2D eigenvalue weighted by Crippen LogP contribution is 1.77. The molecule has 0 saturated carbocycles. The second-order valence-corrected chi connectivity index (χ2v) is 1.61. The van der Waals surface area contributed by atoms with Crippen LogP contribution in [0.1, 0.15) is 0 Å². The molecule has 0 aliphatic heterocycles. The Hall–Kier alpha value is -0.700. The van der Waals surface area contributed by atoms with Crippen LogP contribution in [-0.4, -0.2) is 25.0 Å². The molecule has 4 N–H and O–H groups in total. The average molecular weight is 115 g/mol. The van der Waals surface area contributed by atoms with Crippen LogP contribution in [0.15, 0.2) is 12.4 Å². The number of rotatable bonds is 3. The summed E-state index contributed by atoms with van der Waals surface area (Å²) in [4.78, 5) is 1.93. The molecule has 48 valence electrons. The monoisotopic (exact) mass is 115 g/mol. The van der Waals surface area contributed by atoms with Crippen LogP contribution in [0.25, 0.3) is 0 Å². The maximum Gasteiger partial charge on any atom is 0.0292 e. The Morgan fingerprint density at radius 2 is 2.25 bits per heavy atom. The third kappa shape index (κ3) is 3.49. The van der Waals surface area contributed by atoms with E-state index in [-0.39, 0.29) is 0 Å². The smallest absolute Gasteiger partial charge is 0.0292 e. The molecule has 3 nitrogen and oxygen atoms in total. The van der Waals surface area contributed by atoms with Crippen LogP contribution in [-0.2, 0) is 0 Å². The maximum absolute atomic E-state index is 5.24. The summed E-state index contributed by atoms with van der Waals surface area (Å²) in [5.41, 5.74) is 10.3. The number of hydrogen-bond donors (Lipinski definition) is 2. The second-order valence-electron chi connectivity index (χ2n) is 1.61. The first-order valence-electron chi connectivity index (χ1n) is 2.60. The fourth-order valence-corrected chi connectivity index (χ4v) is 0.425. The molecular formula is C5H13N3. The molecule has 0 atom stereocenters. The van der Waals surface area contributed by atoms with E-state index < -0.39 is 0 Å². The predicted molar refractivity (Wildman–Crippen MR) is 35.0 cm³/mol. The standard InChI is InChI=1S/C5H13N3/c1-8(4-2-6)5-3-7/h2,4H,3,5-7H2,1H3/b4-2+. The van der Waals surface area contributed by atoms with Gasteiger partial charge in [-0.2, -0.15) is 0 Å². The van der Waals surface area contributed by atoms with Crippen molar-refractivity contribution in [1.29, 1.82) is 0 Å². The van der Waals surface area contributed by atoms with Crippen LogP contribution in [0.3, 0.4) is 0 Å². The highest BCUT2D eigenvalue weighted by atomic mass is 15.1. The van der Waals surface area contributed by atoms with E-state index in [9.17, 15) is 0 Å². The quantitative estimate of drug-likeness (QED) is 0.511. The van der Waals surface area contributed by atoms with Gasteiger partial charge >= 0.3 is 0 Å². The average Bonchev–Trinajstić information content (AvgIpc) is 1.68. The molecule has 0 saturated heterocycles. The molecule has 8 heavy (non-hydrogen) atoms. The molecule has 0 rings (SSSR count). The number of nitrogens with two attached hydrogens (primary N) is 2. The van der Waals surface area contributed by atoms with E-state index in [0.29, 0.717) is 6.54 Å². The van der Waals surface area contributed by atoms with Crippen molar-refractivity contribution in [3.8, 4) is 0 Å². The van der Waals surface area contributed by atoms with Gasteiger partial charge in [-0.05, 0) is 0 Å². The minimum atomic E-state index is 0.668. The third-order valence-electron chi connectivity index (χ3n) is 0.822. The molecule has 0 unspecified atom stereocenters. The van der Waals surface area contributed by atoms with E-state index in [4.69, 9.17) is 11.5 Å². The molecule has 0 aromatic carbocycles. The minimum absolute atomic E-state index is 0.668. The summed E-state index contributed by atoms with van der Waals surface area (Å²) >= 11 is 0. The van der Waals surface area contributed by atoms with Crippen LogP contribution in [0, 0.1) is 0 Å². The van der Waals surface area contributed by atoms with Gasteiger partial charge in [-0.15, -0.1) is 0 Å². The first-order chi connectivity index (χ1) is 3.81. The van der Waals surface area contributed by atoms with Gasteiger partial charge in [0.2, 0.25) is 0 Å². The van der Waals surface area contributed by atoms with Crippen LogP contribution in [0.2, 0.25) is 0 Å².